The summed E-state index contributed by atoms with van der Waals surface area (Å²) in [7, 11) is 1.68. The van der Waals surface area contributed by atoms with Crippen LogP contribution in [0.1, 0.15) is 32.3 Å². The van der Waals surface area contributed by atoms with Gasteiger partial charge >= 0.3 is 0 Å². The van der Waals surface area contributed by atoms with Gasteiger partial charge in [-0.25, -0.2) is 0 Å². The molecule has 0 radical (unpaired) electrons. The van der Waals surface area contributed by atoms with Crippen LogP contribution in [0.3, 0.4) is 0 Å². The first-order chi connectivity index (χ1) is 8.60. The highest BCUT2D eigenvalue weighted by molar-refractivity contribution is 9.09. The lowest BCUT2D eigenvalue weighted by Crippen LogP contribution is -2.53. The zero-order chi connectivity index (χ0) is 13.2. The maximum absolute atomic E-state index is 6.04. The molecule has 2 rings (SSSR count). The van der Waals surface area contributed by atoms with Crippen LogP contribution in [-0.4, -0.2) is 18.0 Å². The van der Waals surface area contributed by atoms with E-state index in [0.29, 0.717) is 17.5 Å². The van der Waals surface area contributed by atoms with Crippen molar-refractivity contribution >= 4 is 15.9 Å². The summed E-state index contributed by atoms with van der Waals surface area (Å²) in [6.07, 6.45) is 2.63. The van der Waals surface area contributed by atoms with Gasteiger partial charge in [-0.1, -0.05) is 41.9 Å². The predicted octanol–water partition coefficient (Wildman–Crippen LogP) is 4.16. The largest absolute Gasteiger partial charge is 0.497 e. The number of halogens is 1. The van der Waals surface area contributed by atoms with E-state index in [1.165, 1.54) is 5.56 Å². The molecule has 1 saturated carbocycles. The van der Waals surface area contributed by atoms with Crippen molar-refractivity contribution in [1.29, 1.82) is 0 Å². The smallest absolute Gasteiger partial charge is 0.118 e. The van der Waals surface area contributed by atoms with E-state index in [0.717, 1.165) is 18.6 Å². The van der Waals surface area contributed by atoms with Gasteiger partial charge in [-0.15, -0.1) is 0 Å². The Balaban J connectivity index is 1.88. The van der Waals surface area contributed by atoms with E-state index >= 15 is 0 Å². The van der Waals surface area contributed by atoms with Crippen LogP contribution in [0.4, 0.5) is 0 Å². The van der Waals surface area contributed by atoms with Crippen LogP contribution in [0.5, 0.6) is 5.75 Å². The summed E-state index contributed by atoms with van der Waals surface area (Å²) in [5.74, 6) is 0.890. The minimum atomic E-state index is 0.284. The molecule has 2 nitrogen and oxygen atoms in total. The van der Waals surface area contributed by atoms with E-state index in [1.807, 2.05) is 12.1 Å². The second-order valence-electron chi connectivity index (χ2n) is 5.21. The molecule has 3 unspecified atom stereocenters. The maximum atomic E-state index is 6.04. The second-order valence-corrected chi connectivity index (χ2v) is 6.32. The van der Waals surface area contributed by atoms with Crippen LogP contribution in [0, 0.1) is 5.41 Å². The molecule has 18 heavy (non-hydrogen) atoms. The highest BCUT2D eigenvalue weighted by Gasteiger charge is 2.49. The summed E-state index contributed by atoms with van der Waals surface area (Å²) in [6.45, 7) is 5.22. The van der Waals surface area contributed by atoms with Gasteiger partial charge in [0.25, 0.3) is 0 Å². The highest BCUT2D eigenvalue weighted by atomic mass is 79.9. The van der Waals surface area contributed by atoms with E-state index in [1.54, 1.807) is 7.11 Å². The fourth-order valence-electron chi connectivity index (χ4n) is 2.39. The lowest BCUT2D eigenvalue weighted by Gasteiger charge is -2.51. The zero-order valence-electron chi connectivity index (χ0n) is 11.3. The fraction of sp³-hybridized carbons (Fsp3) is 0.600. The molecule has 0 bridgehead atoms. The molecule has 0 N–H and O–H groups in total. The quantitative estimate of drug-likeness (QED) is 0.760. The number of ether oxygens (including phenoxy) is 2. The first kappa shape index (κ1) is 13.9. The molecule has 0 saturated heterocycles. The topological polar surface area (TPSA) is 18.5 Å². The van der Waals surface area contributed by atoms with Gasteiger partial charge in [0.2, 0.25) is 0 Å². The SMILES string of the molecule is CCC1(C)C(Br)CC1OCc1ccc(OC)cc1. The Bertz CT molecular complexity index is 390. The van der Waals surface area contributed by atoms with E-state index in [2.05, 4.69) is 41.9 Å². The molecule has 3 atom stereocenters. The van der Waals surface area contributed by atoms with Crippen molar-refractivity contribution in [2.45, 2.75) is 44.2 Å². The summed E-state index contributed by atoms with van der Waals surface area (Å²) in [5, 5.41) is 0. The number of hydrogen-bond donors (Lipinski definition) is 0. The van der Waals surface area contributed by atoms with Crippen LogP contribution in [0.15, 0.2) is 24.3 Å². The molecule has 0 heterocycles. The number of methoxy groups -OCH3 is 1. The molecule has 0 amide bonds. The number of rotatable bonds is 5. The number of hydrogen-bond acceptors (Lipinski definition) is 2. The second kappa shape index (κ2) is 5.62. The van der Waals surface area contributed by atoms with Gasteiger partial charge in [-0.3, -0.25) is 0 Å². The first-order valence-electron chi connectivity index (χ1n) is 6.48. The van der Waals surface area contributed by atoms with Gasteiger partial charge in [0.05, 0.1) is 19.8 Å². The minimum absolute atomic E-state index is 0.284. The Hall–Kier alpha value is -0.540. The Morgan fingerprint density at radius 1 is 1.33 bits per heavy atom. The van der Waals surface area contributed by atoms with Gasteiger partial charge in [0.1, 0.15) is 5.75 Å². The van der Waals surface area contributed by atoms with E-state index in [4.69, 9.17) is 9.47 Å². The molecule has 1 aromatic carbocycles. The number of benzene rings is 1. The average molecular weight is 313 g/mol. The Morgan fingerprint density at radius 3 is 2.50 bits per heavy atom. The van der Waals surface area contributed by atoms with Crippen molar-refractivity contribution < 1.29 is 9.47 Å². The van der Waals surface area contributed by atoms with Crippen LogP contribution in [0.25, 0.3) is 0 Å². The van der Waals surface area contributed by atoms with Crippen LogP contribution in [-0.2, 0) is 11.3 Å². The van der Waals surface area contributed by atoms with Crippen LogP contribution < -0.4 is 4.74 Å². The summed E-state index contributed by atoms with van der Waals surface area (Å²) < 4.78 is 11.2. The Labute approximate surface area is 118 Å². The molecule has 1 fully saturated rings. The normalized spacial score (nSPS) is 30.9. The zero-order valence-corrected chi connectivity index (χ0v) is 12.9. The Kier molecular flexibility index (Phi) is 4.33. The Morgan fingerprint density at radius 2 is 2.00 bits per heavy atom. The lowest BCUT2D eigenvalue weighted by atomic mass is 9.66. The molecule has 0 aromatic heterocycles. The molecule has 100 valence electrons. The minimum Gasteiger partial charge on any atom is -0.497 e. The molecular formula is C15H21BrO2. The van der Waals surface area contributed by atoms with Gasteiger partial charge in [-0.05, 0) is 30.5 Å². The lowest BCUT2D eigenvalue weighted by molar-refractivity contribution is -0.104. The molecule has 1 aliphatic rings. The van der Waals surface area contributed by atoms with E-state index < -0.39 is 0 Å². The molecule has 0 spiro atoms. The maximum Gasteiger partial charge on any atom is 0.118 e. The van der Waals surface area contributed by atoms with E-state index in [9.17, 15) is 0 Å². The molecule has 0 aliphatic heterocycles. The molecule has 1 aliphatic carbocycles. The molecule has 1 aromatic rings. The molecular weight excluding hydrogens is 292 g/mol. The summed E-state index contributed by atoms with van der Waals surface area (Å²) in [6, 6.07) is 8.08. The van der Waals surface area contributed by atoms with Crippen molar-refractivity contribution in [2.75, 3.05) is 7.11 Å². The molecule has 3 heteroatoms. The fourth-order valence-corrected chi connectivity index (χ4v) is 3.35. The van der Waals surface area contributed by atoms with Crippen LogP contribution in [0.2, 0.25) is 0 Å². The van der Waals surface area contributed by atoms with E-state index in [-0.39, 0.29) is 5.41 Å². The standard InChI is InChI=1S/C15H21BrO2/c1-4-15(2)13(16)9-14(15)18-10-11-5-7-12(17-3)8-6-11/h5-8,13-14H,4,9-10H2,1-3H3. The summed E-state index contributed by atoms with van der Waals surface area (Å²) in [5.41, 5.74) is 1.49. The third kappa shape index (κ3) is 2.57. The highest BCUT2D eigenvalue weighted by Crippen LogP contribution is 2.50. The summed E-state index contributed by atoms with van der Waals surface area (Å²) >= 11 is 3.73. The van der Waals surface area contributed by atoms with Gasteiger partial charge in [0.15, 0.2) is 0 Å². The average Bonchev–Trinajstić information content (AvgIpc) is 2.42. The van der Waals surface area contributed by atoms with Gasteiger partial charge < -0.3 is 9.47 Å². The van der Waals surface area contributed by atoms with Crippen LogP contribution >= 0.6 is 15.9 Å². The van der Waals surface area contributed by atoms with Gasteiger partial charge in [0, 0.05) is 10.2 Å². The first-order valence-corrected chi connectivity index (χ1v) is 7.40. The van der Waals surface area contributed by atoms with Crippen molar-refractivity contribution in [3.05, 3.63) is 29.8 Å². The van der Waals surface area contributed by atoms with Crippen molar-refractivity contribution in [1.82, 2.24) is 0 Å². The third-order valence-corrected chi connectivity index (χ3v) is 5.66. The van der Waals surface area contributed by atoms with Crippen molar-refractivity contribution in [3.63, 3.8) is 0 Å². The predicted molar refractivity (Wildman–Crippen MR) is 77.3 cm³/mol. The van der Waals surface area contributed by atoms with Crippen molar-refractivity contribution in [3.8, 4) is 5.75 Å². The van der Waals surface area contributed by atoms with Crippen molar-refractivity contribution in [2.24, 2.45) is 5.41 Å². The third-order valence-electron chi connectivity index (χ3n) is 4.24. The van der Waals surface area contributed by atoms with Gasteiger partial charge in [-0.2, -0.15) is 0 Å². The summed E-state index contributed by atoms with van der Waals surface area (Å²) in [4.78, 5) is 0.593. The monoisotopic (exact) mass is 312 g/mol. The number of alkyl halides is 1.